The summed E-state index contributed by atoms with van der Waals surface area (Å²) in [6.45, 7) is 6.91. The van der Waals surface area contributed by atoms with Gasteiger partial charge in [0, 0.05) is 18.8 Å². The highest BCUT2D eigenvalue weighted by molar-refractivity contribution is 5.80. The zero-order chi connectivity index (χ0) is 12.5. The van der Waals surface area contributed by atoms with Crippen molar-refractivity contribution in [2.75, 3.05) is 31.1 Å². The fraction of sp³-hybridized carbons (Fsp3) is 0.462. The molecule has 0 fully saturated rings. The molecule has 0 unspecified atom stereocenters. The third-order valence-electron chi connectivity index (χ3n) is 2.55. The first kappa shape index (κ1) is 13.5. The molecule has 0 aromatic heterocycles. The summed E-state index contributed by atoms with van der Waals surface area (Å²) in [7, 11) is 0. The fourth-order valence-electron chi connectivity index (χ4n) is 1.59. The summed E-state index contributed by atoms with van der Waals surface area (Å²) in [5, 5.41) is 12.6. The molecular formula is C13H21N3O. The zero-order valence-electron chi connectivity index (χ0n) is 10.6. The van der Waals surface area contributed by atoms with E-state index in [9.17, 15) is 0 Å². The molecule has 1 rings (SSSR count). The van der Waals surface area contributed by atoms with Gasteiger partial charge < -0.3 is 15.4 Å². The van der Waals surface area contributed by atoms with Crippen molar-refractivity contribution in [2.24, 2.45) is 5.10 Å². The van der Waals surface area contributed by atoms with E-state index < -0.39 is 0 Å². The number of anilines is 1. The van der Waals surface area contributed by atoms with E-state index in [1.807, 2.05) is 12.1 Å². The molecule has 0 bridgehead atoms. The van der Waals surface area contributed by atoms with Crippen LogP contribution >= 0.6 is 0 Å². The quantitative estimate of drug-likeness (QED) is 0.427. The van der Waals surface area contributed by atoms with Gasteiger partial charge in [-0.25, -0.2) is 0 Å². The molecule has 1 aromatic rings. The van der Waals surface area contributed by atoms with Crippen molar-refractivity contribution < 1.29 is 5.11 Å². The van der Waals surface area contributed by atoms with Crippen molar-refractivity contribution in [2.45, 2.75) is 13.8 Å². The molecule has 0 aliphatic carbocycles. The van der Waals surface area contributed by atoms with Crippen molar-refractivity contribution in [3.63, 3.8) is 0 Å². The number of hydrogen-bond acceptors (Lipinski definition) is 4. The average molecular weight is 235 g/mol. The molecule has 0 spiro atoms. The first-order valence-electron chi connectivity index (χ1n) is 6.03. The maximum absolute atomic E-state index is 8.57. The molecular weight excluding hydrogens is 214 g/mol. The number of hydrogen-bond donors (Lipinski definition) is 2. The molecule has 0 saturated heterocycles. The molecule has 0 radical (unpaired) electrons. The Hall–Kier alpha value is -1.55. The van der Waals surface area contributed by atoms with Crippen LogP contribution in [-0.4, -0.2) is 37.6 Å². The second-order valence-electron chi connectivity index (χ2n) is 3.65. The second kappa shape index (κ2) is 7.68. The van der Waals surface area contributed by atoms with E-state index in [1.165, 1.54) is 5.69 Å². The zero-order valence-corrected chi connectivity index (χ0v) is 10.6. The largest absolute Gasteiger partial charge is 0.394 e. The van der Waals surface area contributed by atoms with Gasteiger partial charge in [-0.3, -0.25) is 0 Å². The number of hydrazone groups is 1. The molecule has 1 aromatic carbocycles. The Kier molecular flexibility index (Phi) is 6.10. The molecule has 17 heavy (non-hydrogen) atoms. The van der Waals surface area contributed by atoms with Gasteiger partial charge in [0.25, 0.3) is 0 Å². The average Bonchev–Trinajstić information content (AvgIpc) is 2.38. The normalized spacial score (nSPS) is 10.8. The molecule has 0 heterocycles. The highest BCUT2D eigenvalue weighted by Crippen LogP contribution is 2.13. The van der Waals surface area contributed by atoms with Gasteiger partial charge in [-0.1, -0.05) is 12.1 Å². The van der Waals surface area contributed by atoms with Gasteiger partial charge in [0.2, 0.25) is 0 Å². The van der Waals surface area contributed by atoms with Gasteiger partial charge in [0.1, 0.15) is 0 Å². The number of aliphatic hydroxyl groups excluding tert-OH is 1. The van der Waals surface area contributed by atoms with Crippen LogP contribution in [0.4, 0.5) is 5.69 Å². The Balaban J connectivity index is 2.58. The number of nitrogens with one attached hydrogen (secondary N) is 1. The Morgan fingerprint density at radius 1 is 1.24 bits per heavy atom. The maximum Gasteiger partial charge on any atom is 0.0620 e. The molecule has 0 amide bonds. The number of nitrogens with zero attached hydrogens (tertiary/aromatic N) is 2. The standard InChI is InChI=1S/C13H21N3O/c1-3-16(4-2)13-7-5-12(6-8-13)11-15-14-9-10-17/h5-8,11,14,17H,3-4,9-10H2,1-2H3. The van der Waals surface area contributed by atoms with Crippen molar-refractivity contribution in [3.05, 3.63) is 29.8 Å². The van der Waals surface area contributed by atoms with E-state index >= 15 is 0 Å². The van der Waals surface area contributed by atoms with Gasteiger partial charge >= 0.3 is 0 Å². The lowest BCUT2D eigenvalue weighted by Gasteiger charge is -2.20. The predicted octanol–water partition coefficient (Wildman–Crippen LogP) is 1.45. The topological polar surface area (TPSA) is 47.9 Å². The van der Waals surface area contributed by atoms with Gasteiger partial charge in [0.05, 0.1) is 19.4 Å². The summed E-state index contributed by atoms with van der Waals surface area (Å²) in [5.41, 5.74) is 5.03. The molecule has 0 atom stereocenters. The first-order chi connectivity index (χ1) is 8.31. The number of aliphatic hydroxyl groups is 1. The van der Waals surface area contributed by atoms with Crippen molar-refractivity contribution in [1.82, 2.24) is 5.43 Å². The monoisotopic (exact) mass is 235 g/mol. The van der Waals surface area contributed by atoms with Crippen LogP contribution < -0.4 is 10.3 Å². The predicted molar refractivity (Wildman–Crippen MR) is 72.7 cm³/mol. The van der Waals surface area contributed by atoms with Crippen LogP contribution in [0.3, 0.4) is 0 Å². The molecule has 94 valence electrons. The Labute approximate surface area is 103 Å². The molecule has 0 aliphatic rings. The summed E-state index contributed by atoms with van der Waals surface area (Å²) in [6.07, 6.45) is 1.75. The highest BCUT2D eigenvalue weighted by atomic mass is 16.3. The summed E-state index contributed by atoms with van der Waals surface area (Å²) in [5.74, 6) is 0. The lowest BCUT2D eigenvalue weighted by molar-refractivity contribution is 0.294. The second-order valence-corrected chi connectivity index (χ2v) is 3.65. The van der Waals surface area contributed by atoms with E-state index in [-0.39, 0.29) is 6.61 Å². The third-order valence-corrected chi connectivity index (χ3v) is 2.55. The number of rotatable bonds is 7. The molecule has 2 N–H and O–H groups in total. The molecule has 4 nitrogen and oxygen atoms in total. The maximum atomic E-state index is 8.57. The molecule has 4 heteroatoms. The van der Waals surface area contributed by atoms with Crippen LogP contribution in [0.1, 0.15) is 19.4 Å². The van der Waals surface area contributed by atoms with Gasteiger partial charge in [0.15, 0.2) is 0 Å². The van der Waals surface area contributed by atoms with E-state index in [0.717, 1.165) is 18.7 Å². The lowest BCUT2D eigenvalue weighted by Crippen LogP contribution is -2.21. The highest BCUT2D eigenvalue weighted by Gasteiger charge is 1.99. The van der Waals surface area contributed by atoms with Gasteiger partial charge in [-0.15, -0.1) is 0 Å². The van der Waals surface area contributed by atoms with E-state index in [0.29, 0.717) is 6.54 Å². The fourth-order valence-corrected chi connectivity index (χ4v) is 1.59. The summed E-state index contributed by atoms with van der Waals surface area (Å²) in [6, 6.07) is 8.27. The first-order valence-corrected chi connectivity index (χ1v) is 6.03. The summed E-state index contributed by atoms with van der Waals surface area (Å²) in [4.78, 5) is 2.30. The molecule has 0 saturated carbocycles. The molecule has 0 aliphatic heterocycles. The van der Waals surface area contributed by atoms with E-state index in [2.05, 4.69) is 41.4 Å². The minimum absolute atomic E-state index is 0.0955. The van der Waals surface area contributed by atoms with E-state index in [1.54, 1.807) is 6.21 Å². The van der Waals surface area contributed by atoms with Gasteiger partial charge in [-0.05, 0) is 31.5 Å². The van der Waals surface area contributed by atoms with Crippen LogP contribution in [0.15, 0.2) is 29.4 Å². The van der Waals surface area contributed by atoms with Crippen molar-refractivity contribution in [1.29, 1.82) is 0 Å². The summed E-state index contributed by atoms with van der Waals surface area (Å²) >= 11 is 0. The van der Waals surface area contributed by atoms with Crippen molar-refractivity contribution >= 4 is 11.9 Å². The van der Waals surface area contributed by atoms with Crippen LogP contribution in [0, 0.1) is 0 Å². The smallest absolute Gasteiger partial charge is 0.0620 e. The summed E-state index contributed by atoms with van der Waals surface area (Å²) < 4.78 is 0. The van der Waals surface area contributed by atoms with Gasteiger partial charge in [-0.2, -0.15) is 5.10 Å². The van der Waals surface area contributed by atoms with Crippen LogP contribution in [-0.2, 0) is 0 Å². The van der Waals surface area contributed by atoms with Crippen LogP contribution in [0.25, 0.3) is 0 Å². The minimum atomic E-state index is 0.0955. The van der Waals surface area contributed by atoms with E-state index in [4.69, 9.17) is 5.11 Å². The Morgan fingerprint density at radius 2 is 1.88 bits per heavy atom. The Morgan fingerprint density at radius 3 is 2.41 bits per heavy atom. The lowest BCUT2D eigenvalue weighted by atomic mass is 10.2. The minimum Gasteiger partial charge on any atom is -0.394 e. The third kappa shape index (κ3) is 4.44. The SMILES string of the molecule is CCN(CC)c1ccc(C=NNCCO)cc1. The van der Waals surface area contributed by atoms with Crippen LogP contribution in [0.2, 0.25) is 0 Å². The Bertz CT molecular complexity index is 331. The van der Waals surface area contributed by atoms with Crippen LogP contribution in [0.5, 0.6) is 0 Å². The number of benzene rings is 1. The van der Waals surface area contributed by atoms with Crippen molar-refractivity contribution in [3.8, 4) is 0 Å².